The SMILES string of the molecule is N#CC(=[N+]=[N-])C(=O)N(c1ccc(Cl)cc1)c1ccc(Cl)cc1. The molecule has 0 saturated heterocycles. The van der Waals surface area contributed by atoms with Gasteiger partial charge < -0.3 is 5.53 Å². The van der Waals surface area contributed by atoms with Crippen LogP contribution in [0.1, 0.15) is 0 Å². The number of nitrogens with zero attached hydrogens (tertiary/aromatic N) is 4. The van der Waals surface area contributed by atoms with Crippen LogP contribution in [0.25, 0.3) is 5.53 Å². The van der Waals surface area contributed by atoms with Crippen LogP contribution in [0.2, 0.25) is 10.0 Å². The summed E-state index contributed by atoms with van der Waals surface area (Å²) in [5, 5.41) is 9.90. The third-order valence-electron chi connectivity index (χ3n) is 2.78. The molecule has 2 aromatic carbocycles. The summed E-state index contributed by atoms with van der Waals surface area (Å²) in [6, 6.07) is 14.4. The number of hydrogen-bond acceptors (Lipinski definition) is 2. The summed E-state index contributed by atoms with van der Waals surface area (Å²) in [5.74, 6) is -0.769. The molecule has 0 aliphatic carbocycles. The van der Waals surface area contributed by atoms with Gasteiger partial charge in [0.05, 0.1) is 0 Å². The van der Waals surface area contributed by atoms with Crippen LogP contribution in [0.5, 0.6) is 0 Å². The Morgan fingerprint density at radius 1 is 1.00 bits per heavy atom. The average Bonchev–Trinajstić information content (AvgIpc) is 2.52. The van der Waals surface area contributed by atoms with Gasteiger partial charge in [0, 0.05) is 21.4 Å². The molecule has 0 unspecified atom stereocenters. The Kier molecular flexibility index (Phi) is 4.92. The number of halogens is 2. The summed E-state index contributed by atoms with van der Waals surface area (Å²) in [5.41, 5.74) is 9.10. The van der Waals surface area contributed by atoms with E-state index < -0.39 is 11.6 Å². The Labute approximate surface area is 136 Å². The first-order valence-corrected chi connectivity index (χ1v) is 6.80. The van der Waals surface area contributed by atoms with Gasteiger partial charge >= 0.3 is 11.6 Å². The van der Waals surface area contributed by atoms with Crippen molar-refractivity contribution in [3.63, 3.8) is 0 Å². The van der Waals surface area contributed by atoms with Gasteiger partial charge in [-0.3, -0.25) is 9.69 Å². The van der Waals surface area contributed by atoms with Crippen molar-refractivity contribution >= 4 is 46.2 Å². The summed E-state index contributed by atoms with van der Waals surface area (Å²) in [4.78, 5) is 16.4. The van der Waals surface area contributed by atoms with E-state index in [1.165, 1.54) is 4.90 Å². The normalized spacial score (nSPS) is 9.50. The second-order valence-electron chi connectivity index (χ2n) is 4.15. The average molecular weight is 331 g/mol. The molecule has 0 spiro atoms. The first-order chi connectivity index (χ1) is 10.6. The predicted molar refractivity (Wildman–Crippen MR) is 84.3 cm³/mol. The van der Waals surface area contributed by atoms with Gasteiger partial charge in [0.25, 0.3) is 0 Å². The summed E-state index contributed by atoms with van der Waals surface area (Å²) < 4.78 is 0. The maximum absolute atomic E-state index is 12.4. The highest BCUT2D eigenvalue weighted by Gasteiger charge is 2.29. The second kappa shape index (κ2) is 6.88. The summed E-state index contributed by atoms with van der Waals surface area (Å²) in [6.07, 6.45) is 0. The highest BCUT2D eigenvalue weighted by Crippen LogP contribution is 2.28. The highest BCUT2D eigenvalue weighted by atomic mass is 35.5. The summed E-state index contributed by atoms with van der Waals surface area (Å²) in [6.45, 7) is 0. The van der Waals surface area contributed by atoms with Gasteiger partial charge in [0.15, 0.2) is 6.07 Å². The fraction of sp³-hybridized carbons (Fsp3) is 0. The van der Waals surface area contributed by atoms with Crippen molar-refractivity contribution in [1.29, 1.82) is 5.26 Å². The standard InChI is InChI=1S/C15H8Cl2N4O/c16-10-1-5-12(6-2-10)21(15(22)14(9-18)20-19)13-7-3-11(17)4-8-13/h1-8H. The molecule has 0 aliphatic rings. The Morgan fingerprint density at radius 2 is 1.41 bits per heavy atom. The maximum atomic E-state index is 12.4. The minimum atomic E-state index is -0.769. The number of carbonyl (C=O) groups is 1. The van der Waals surface area contributed by atoms with Crippen LogP contribution in [-0.2, 0) is 4.79 Å². The molecule has 0 atom stereocenters. The minimum Gasteiger partial charge on any atom is -0.360 e. The lowest BCUT2D eigenvalue weighted by atomic mass is 10.2. The molecule has 5 nitrogen and oxygen atoms in total. The molecule has 0 N–H and O–H groups in total. The van der Waals surface area contributed by atoms with E-state index in [1.807, 2.05) is 0 Å². The van der Waals surface area contributed by atoms with Crippen molar-refractivity contribution in [2.45, 2.75) is 0 Å². The number of benzene rings is 2. The first kappa shape index (κ1) is 15.7. The van der Waals surface area contributed by atoms with Gasteiger partial charge in [-0.05, 0) is 48.5 Å². The maximum Gasteiger partial charge on any atom is 0.456 e. The lowest BCUT2D eigenvalue weighted by molar-refractivity contribution is -0.115. The van der Waals surface area contributed by atoms with Crippen molar-refractivity contribution in [2.24, 2.45) is 0 Å². The van der Waals surface area contributed by atoms with Crippen LogP contribution in [-0.4, -0.2) is 16.4 Å². The largest absolute Gasteiger partial charge is 0.456 e. The zero-order chi connectivity index (χ0) is 16.1. The molecule has 7 heteroatoms. The molecule has 108 valence electrons. The molecule has 2 rings (SSSR count). The van der Waals surface area contributed by atoms with Crippen LogP contribution in [0.3, 0.4) is 0 Å². The van der Waals surface area contributed by atoms with E-state index in [2.05, 4.69) is 4.79 Å². The van der Waals surface area contributed by atoms with Crippen molar-refractivity contribution in [3.05, 3.63) is 64.1 Å². The van der Waals surface area contributed by atoms with Gasteiger partial charge in [-0.15, -0.1) is 4.79 Å². The number of rotatable bonds is 3. The van der Waals surface area contributed by atoms with Gasteiger partial charge in [-0.25, -0.2) is 0 Å². The van der Waals surface area contributed by atoms with Crippen LogP contribution in [0.15, 0.2) is 48.5 Å². The highest BCUT2D eigenvalue weighted by molar-refractivity contribution is 6.48. The zero-order valence-electron chi connectivity index (χ0n) is 11.1. The lowest BCUT2D eigenvalue weighted by Gasteiger charge is -2.20. The second-order valence-corrected chi connectivity index (χ2v) is 5.03. The molecule has 0 aromatic heterocycles. The number of amides is 1. The molecule has 0 saturated carbocycles. The van der Waals surface area contributed by atoms with Gasteiger partial charge in [0.1, 0.15) is 0 Å². The van der Waals surface area contributed by atoms with Gasteiger partial charge in [-0.1, -0.05) is 23.2 Å². The van der Waals surface area contributed by atoms with Crippen molar-refractivity contribution in [1.82, 2.24) is 0 Å². The number of anilines is 2. The zero-order valence-corrected chi connectivity index (χ0v) is 12.6. The van der Waals surface area contributed by atoms with E-state index in [1.54, 1.807) is 54.6 Å². The molecule has 0 heterocycles. The molecule has 0 radical (unpaired) electrons. The third kappa shape index (κ3) is 3.33. The van der Waals surface area contributed by atoms with Crippen LogP contribution in [0, 0.1) is 11.3 Å². The van der Waals surface area contributed by atoms with Crippen LogP contribution < -0.4 is 4.90 Å². The molecule has 1 amide bonds. The van der Waals surface area contributed by atoms with Gasteiger partial charge in [-0.2, -0.15) is 5.26 Å². The molecule has 0 bridgehead atoms. The van der Waals surface area contributed by atoms with E-state index in [9.17, 15) is 4.79 Å². The van der Waals surface area contributed by atoms with E-state index in [0.29, 0.717) is 21.4 Å². The Balaban J connectivity index is 2.56. The van der Waals surface area contributed by atoms with Crippen molar-refractivity contribution < 1.29 is 9.58 Å². The van der Waals surface area contributed by atoms with E-state index in [0.717, 1.165) is 0 Å². The van der Waals surface area contributed by atoms with Crippen LogP contribution in [0.4, 0.5) is 11.4 Å². The van der Waals surface area contributed by atoms with Crippen LogP contribution >= 0.6 is 23.2 Å². The summed E-state index contributed by atoms with van der Waals surface area (Å²) in [7, 11) is 0. The minimum absolute atomic E-state index is 0.466. The van der Waals surface area contributed by atoms with Crippen molar-refractivity contribution in [3.8, 4) is 6.07 Å². The number of carbonyl (C=O) groups excluding carboxylic acids is 1. The van der Waals surface area contributed by atoms with Crippen molar-refractivity contribution in [2.75, 3.05) is 4.90 Å². The molecule has 2 aromatic rings. The topological polar surface area (TPSA) is 80.5 Å². The number of nitriles is 1. The Bertz CT molecular complexity index is 742. The Morgan fingerprint density at radius 3 is 1.73 bits per heavy atom. The summed E-state index contributed by atoms with van der Waals surface area (Å²) >= 11 is 11.7. The fourth-order valence-corrected chi connectivity index (χ4v) is 2.03. The Hall–Kier alpha value is -2.64. The first-order valence-electron chi connectivity index (χ1n) is 6.04. The quantitative estimate of drug-likeness (QED) is 0.486. The molecular weight excluding hydrogens is 323 g/mol. The third-order valence-corrected chi connectivity index (χ3v) is 3.29. The van der Waals surface area contributed by atoms with E-state index in [-0.39, 0.29) is 0 Å². The smallest absolute Gasteiger partial charge is 0.360 e. The molecular formula is C15H8Cl2N4O. The molecule has 22 heavy (non-hydrogen) atoms. The predicted octanol–water partition coefficient (Wildman–Crippen LogP) is 3.85. The lowest BCUT2D eigenvalue weighted by Crippen LogP contribution is -2.32. The monoisotopic (exact) mass is 330 g/mol. The fourth-order valence-electron chi connectivity index (χ4n) is 1.78. The van der Waals surface area contributed by atoms with E-state index >= 15 is 0 Å². The molecule has 0 fully saturated rings. The van der Waals surface area contributed by atoms with E-state index in [4.69, 9.17) is 34.0 Å². The van der Waals surface area contributed by atoms with Gasteiger partial charge in [0.2, 0.25) is 0 Å². The molecule has 0 aliphatic heterocycles. The number of hydrogen-bond donors (Lipinski definition) is 0.